The van der Waals surface area contributed by atoms with E-state index < -0.39 is 132 Å². The Balaban J connectivity index is 0.829. The fraction of sp³-hybridized carbons (Fsp3) is 0.171. The van der Waals surface area contributed by atoms with E-state index in [0.717, 1.165) is 89.0 Å². The van der Waals surface area contributed by atoms with E-state index in [9.17, 15) is 27.4 Å². The molecule has 624 valence electrons. The molecule has 0 unspecified atom stereocenters. The molecule has 0 atom stereocenters. The number of hydrogen-bond acceptors (Lipinski definition) is 2. The number of fused-ring (bicyclic) bond motifs is 10. The minimum Gasteiger partial charge on any atom is -0.342 e. The lowest BCUT2D eigenvalue weighted by Gasteiger charge is -2.45. The Morgan fingerprint density at radius 2 is 0.578 bits per heavy atom. The summed E-state index contributed by atoms with van der Waals surface area (Å²) < 4.78 is 209. The van der Waals surface area contributed by atoms with E-state index in [1.165, 1.54) is 14.7 Å². The number of para-hydroxylation sites is 2. The van der Waals surface area contributed by atoms with Gasteiger partial charge in [-0.1, -0.05) is 372 Å². The fourth-order valence-electron chi connectivity index (χ4n) is 19.1. The van der Waals surface area contributed by atoms with Crippen molar-refractivity contribution in [2.45, 2.75) is 124 Å². The molecule has 0 bridgehead atoms. The summed E-state index contributed by atoms with van der Waals surface area (Å²) >= 11 is 0. The van der Waals surface area contributed by atoms with Crippen LogP contribution in [0.1, 0.15) is 150 Å². The molecule has 0 saturated heterocycles. The number of hydrogen-bond donors (Lipinski definition) is 0. The first-order valence-electron chi connectivity index (χ1n) is 54.8. The maximum Gasteiger partial charge on any atom is 0.252 e. The Labute approximate surface area is 784 Å². The fourth-order valence-corrected chi connectivity index (χ4v) is 19.1. The molecule has 0 saturated carbocycles. The molecule has 4 heterocycles. The highest BCUT2D eigenvalue weighted by atomic mass is 15.2. The molecule has 21 rings (SSSR count). The van der Waals surface area contributed by atoms with Crippen molar-refractivity contribution in [3.63, 3.8) is 0 Å². The average Bonchev–Trinajstić information content (AvgIpc) is 1.10. The number of unbranched alkanes of at least 4 members (excludes halogenated alkanes) is 3. The summed E-state index contributed by atoms with van der Waals surface area (Å²) in [4.78, 5) is 4.02. The molecule has 4 nitrogen and oxygen atoms in total. The molecule has 17 aromatic carbocycles. The Morgan fingerprint density at radius 3 is 0.969 bits per heavy atom. The van der Waals surface area contributed by atoms with Gasteiger partial charge in [0.15, 0.2) is 0 Å². The van der Waals surface area contributed by atoms with Gasteiger partial charge in [0, 0.05) is 68.8 Å². The summed E-state index contributed by atoms with van der Waals surface area (Å²) in [6.45, 7) is 18.3. The van der Waals surface area contributed by atoms with Gasteiger partial charge in [0.2, 0.25) is 0 Å². The third-order valence-electron chi connectivity index (χ3n) is 25.8. The average molecular weight is 1670 g/mol. The summed E-state index contributed by atoms with van der Waals surface area (Å²) in [6, 6.07) is 78.2. The Bertz CT molecular complexity index is 8510. The first kappa shape index (κ1) is 61.4. The smallest absolute Gasteiger partial charge is 0.252 e. The van der Waals surface area contributed by atoms with Crippen LogP contribution in [0.2, 0.25) is 0 Å². The maximum atomic E-state index is 11.7. The summed E-state index contributed by atoms with van der Waals surface area (Å²) in [5.41, 5.74) is 16.8. The highest BCUT2D eigenvalue weighted by Gasteiger charge is 2.44. The molecule has 0 aliphatic carbocycles. The number of rotatable bonds is 21. The molecule has 19 aromatic rings. The van der Waals surface area contributed by atoms with Crippen molar-refractivity contribution in [3.8, 4) is 100 Å². The minimum absolute atomic E-state index is 0.00363. The van der Waals surface area contributed by atoms with E-state index in [0.29, 0.717) is 72.9 Å². The second-order valence-electron chi connectivity index (χ2n) is 37.2. The van der Waals surface area contributed by atoms with Crippen molar-refractivity contribution >= 4 is 89.5 Å². The van der Waals surface area contributed by atoms with E-state index in [2.05, 4.69) is 220 Å². The zero-order chi connectivity index (χ0) is 104. The van der Waals surface area contributed by atoms with Crippen LogP contribution in [-0.4, -0.2) is 28.9 Å². The normalized spacial score (nSPS) is 14.8. The minimum atomic E-state index is -1.46. The highest BCUT2D eigenvalue weighted by Crippen LogP contribution is 2.48. The van der Waals surface area contributed by atoms with E-state index in [4.69, 9.17) is 0 Å². The first-order chi connectivity index (χ1) is 70.8. The SMILES string of the molecule is [2H]c1c([2H])c(-n2c3c([2H])c([2H])c([2H])c([2H])c3c3c([2H])c(-c4ccccc4)c([2H])c([2H])c32)c([2H])c2c1B1c3c(cc(C(C)(C)C)cc3N(CCCCc3c(-c4cccc(-c5ccccc5)c4)cc(C(C)(C)C)cc3-c3cccc(-c4ccccc4)c3)c3c([2H])c(-n4c5c([2H])c([2H])c([2H])c([2H])c5c5c([2H])c(-c6ccccc6)c([2H])c([2H])c54)c([2H])c([2H])c31)N2CCCCCc1c(-c2ccccc2)cc(C(C)(C)C)cc1-c1ccccc1. The third kappa shape index (κ3) is 15.2. The van der Waals surface area contributed by atoms with Gasteiger partial charge in [0.1, 0.15) is 0 Å². The summed E-state index contributed by atoms with van der Waals surface area (Å²) in [5, 5.41) is -0.740. The van der Waals surface area contributed by atoms with Gasteiger partial charge in [-0.3, -0.25) is 0 Å². The molecule has 2 aromatic heterocycles. The van der Waals surface area contributed by atoms with Crippen LogP contribution in [0.15, 0.2) is 388 Å². The third-order valence-corrected chi connectivity index (χ3v) is 25.8. The van der Waals surface area contributed by atoms with E-state index in [-0.39, 0.29) is 113 Å². The van der Waals surface area contributed by atoms with Crippen molar-refractivity contribution < 1.29 is 27.4 Å². The van der Waals surface area contributed by atoms with E-state index in [1.54, 1.807) is 60.7 Å². The zero-order valence-electron chi connectivity index (χ0n) is 93.6. The van der Waals surface area contributed by atoms with Gasteiger partial charge >= 0.3 is 0 Å². The summed E-state index contributed by atoms with van der Waals surface area (Å²) in [7, 11) is 0. The van der Waals surface area contributed by atoms with Crippen LogP contribution in [0.25, 0.3) is 144 Å². The quantitative estimate of drug-likeness (QED) is 0.0527. The number of nitrogens with zero attached hydrogens (tertiary/aromatic N) is 4. The Kier molecular flexibility index (Phi) is 16.0. The van der Waals surface area contributed by atoms with Crippen LogP contribution < -0.4 is 26.2 Å². The van der Waals surface area contributed by atoms with E-state index in [1.807, 2.05) is 58.3 Å². The molecule has 0 amide bonds. The van der Waals surface area contributed by atoms with Crippen molar-refractivity contribution in [3.05, 3.63) is 416 Å². The predicted octanol–water partition coefficient (Wildman–Crippen LogP) is 31.0. The molecule has 0 spiro atoms. The van der Waals surface area contributed by atoms with Gasteiger partial charge < -0.3 is 18.9 Å². The Hall–Kier alpha value is -14.0. The molecule has 128 heavy (non-hydrogen) atoms. The van der Waals surface area contributed by atoms with Gasteiger partial charge in [-0.25, -0.2) is 0 Å². The molecule has 0 radical (unpaired) electrons. The molecular formula is C123H109BN4. The number of aromatic nitrogens is 2. The second-order valence-corrected chi connectivity index (χ2v) is 37.2. The van der Waals surface area contributed by atoms with Gasteiger partial charge in [-0.15, -0.1) is 0 Å². The maximum absolute atomic E-state index is 11.7. The highest BCUT2D eigenvalue weighted by molar-refractivity contribution is 7.00. The number of anilines is 4. The van der Waals surface area contributed by atoms with Crippen LogP contribution >= 0.6 is 0 Å². The molecular weight excluding hydrogens is 1540 g/mol. The monoisotopic (exact) mass is 1670 g/mol. The molecule has 2 aliphatic rings. The topological polar surface area (TPSA) is 16.3 Å². The van der Waals surface area contributed by atoms with Crippen LogP contribution in [0.5, 0.6) is 0 Å². The van der Waals surface area contributed by atoms with Crippen LogP contribution in [0, 0.1) is 0 Å². The molecule has 0 fully saturated rings. The van der Waals surface area contributed by atoms with Crippen molar-refractivity contribution in [2.75, 3.05) is 22.9 Å². The zero-order valence-corrected chi connectivity index (χ0v) is 73.6. The lowest BCUT2D eigenvalue weighted by molar-refractivity contribution is 0.589. The van der Waals surface area contributed by atoms with Crippen LogP contribution in [0.4, 0.5) is 22.7 Å². The molecule has 0 N–H and O–H groups in total. The van der Waals surface area contributed by atoms with Crippen molar-refractivity contribution in [2.24, 2.45) is 0 Å². The standard InChI is InChI=1S/C123H109BN4/c1-121(2,3)95-75-104(87-47-25-14-26-48-87)100(105(76-95)88-49-27-15-28-50-88)55-29-16-35-69-125-116-81-98(127-112-59-32-30-57-102(112)108-73-91(61-67-114(108)127)85-43-21-12-22-44-85)63-65-110(116)124-111-66-64-99(128-113-60-33-31-58-103(113)109-74-92(62-68-115(109)128)86-45-23-13-24-46-86)82-117(111)126(119-80-97(123(7,8)9)79-118(125)120(119)124)70-36-34-56-101-106(93-53-37-51-89(71-93)83-39-17-10-18-40-83)77-96(122(4,5)6)78-107(101)94-54-38-52-90(72-94)84-41-19-11-20-42-84/h10-15,17-28,30-33,37-54,57-68,71-82H,16,29,34-36,55-56,69-70H2,1-9H3/i30D,31D,32D,33D,57D,58D,59D,60D,61D,62D,63D,64D,65D,66D,67D,68D,73D,74D,81D,82D. The Morgan fingerprint density at radius 1 is 0.258 bits per heavy atom. The van der Waals surface area contributed by atoms with Gasteiger partial charge in [-0.2, -0.15) is 0 Å². The van der Waals surface area contributed by atoms with Crippen molar-refractivity contribution in [1.29, 1.82) is 0 Å². The lowest BCUT2D eigenvalue weighted by atomic mass is 9.33. The lowest BCUT2D eigenvalue weighted by Crippen LogP contribution is -2.62. The molecule has 5 heteroatoms. The summed E-state index contributed by atoms with van der Waals surface area (Å²) in [6.07, 6.45) is 3.57. The van der Waals surface area contributed by atoms with Gasteiger partial charge in [0.25, 0.3) is 6.71 Å². The van der Waals surface area contributed by atoms with Crippen LogP contribution in [0.3, 0.4) is 0 Å². The largest absolute Gasteiger partial charge is 0.342 e. The van der Waals surface area contributed by atoms with Crippen LogP contribution in [-0.2, 0) is 29.1 Å². The second kappa shape index (κ2) is 33.4. The van der Waals surface area contributed by atoms with E-state index >= 15 is 0 Å². The predicted molar refractivity (Wildman–Crippen MR) is 550 cm³/mol. The van der Waals surface area contributed by atoms with Gasteiger partial charge in [0.05, 0.1) is 49.5 Å². The van der Waals surface area contributed by atoms with Gasteiger partial charge in [-0.05, 0) is 273 Å². The first-order valence-corrected chi connectivity index (χ1v) is 44.8. The summed E-state index contributed by atoms with van der Waals surface area (Å²) in [5.74, 6) is 0. The number of benzene rings is 17. The van der Waals surface area contributed by atoms with Crippen molar-refractivity contribution in [1.82, 2.24) is 9.13 Å². The molecule has 2 aliphatic heterocycles.